The number of nitrogens with zero attached hydrogens (tertiary/aromatic N) is 8. The SMILES string of the molecule is [C-]#[N+]c1c(N[C@@H](C)COCc2cc3n(n2)CCN(c2ncc(C(F)(F)F)cn2)C3)cnn(Cc2ccc(OC)cc2)c1=O. The van der Waals surface area contributed by atoms with Crippen LogP contribution in [0.15, 0.2) is 53.7 Å². The number of fused-ring (bicyclic) bond motifs is 1. The van der Waals surface area contributed by atoms with E-state index in [0.717, 1.165) is 23.7 Å². The van der Waals surface area contributed by atoms with Crippen LogP contribution >= 0.6 is 0 Å². The maximum Gasteiger partial charge on any atom is 0.419 e. The number of methoxy groups -OCH3 is 1. The lowest BCUT2D eigenvalue weighted by atomic mass is 10.2. The highest BCUT2D eigenvalue weighted by Crippen LogP contribution is 2.29. The van der Waals surface area contributed by atoms with Gasteiger partial charge in [-0.25, -0.2) is 19.5 Å². The number of ether oxygens (including phenoxy) is 2. The Hall–Kier alpha value is -4.97. The number of benzene rings is 1. The minimum absolute atomic E-state index is 0.0567. The molecule has 0 radical (unpaired) electrons. The Labute approximate surface area is 244 Å². The summed E-state index contributed by atoms with van der Waals surface area (Å²) in [6.07, 6.45) is -1.45. The summed E-state index contributed by atoms with van der Waals surface area (Å²) < 4.78 is 52.5. The van der Waals surface area contributed by atoms with Crippen LogP contribution in [0.4, 0.5) is 30.5 Å². The van der Waals surface area contributed by atoms with Crippen molar-refractivity contribution in [3.63, 3.8) is 0 Å². The van der Waals surface area contributed by atoms with Gasteiger partial charge < -0.3 is 19.7 Å². The third kappa shape index (κ3) is 6.92. The third-order valence-corrected chi connectivity index (χ3v) is 6.74. The molecule has 5 rings (SSSR count). The van der Waals surface area contributed by atoms with E-state index in [0.29, 0.717) is 36.8 Å². The average Bonchev–Trinajstić information content (AvgIpc) is 3.41. The van der Waals surface area contributed by atoms with Crippen molar-refractivity contribution in [2.24, 2.45) is 0 Å². The van der Waals surface area contributed by atoms with Crippen LogP contribution in [0, 0.1) is 6.57 Å². The zero-order valence-corrected chi connectivity index (χ0v) is 23.4. The molecule has 1 N–H and O–H groups in total. The summed E-state index contributed by atoms with van der Waals surface area (Å²) in [5.74, 6) is 0.924. The molecule has 224 valence electrons. The second-order valence-corrected chi connectivity index (χ2v) is 9.93. The summed E-state index contributed by atoms with van der Waals surface area (Å²) >= 11 is 0. The van der Waals surface area contributed by atoms with E-state index in [1.807, 2.05) is 29.8 Å². The van der Waals surface area contributed by atoms with Gasteiger partial charge >= 0.3 is 6.18 Å². The molecule has 1 aliphatic rings. The lowest BCUT2D eigenvalue weighted by Crippen LogP contribution is -2.35. The number of hydrogen-bond donors (Lipinski definition) is 1. The summed E-state index contributed by atoms with van der Waals surface area (Å²) in [7, 11) is 1.58. The van der Waals surface area contributed by atoms with Crippen molar-refractivity contribution in [3.8, 4) is 5.75 Å². The number of nitrogens with one attached hydrogen (secondary N) is 1. The highest BCUT2D eigenvalue weighted by Gasteiger charge is 2.32. The normalized spacial score (nSPS) is 13.7. The summed E-state index contributed by atoms with van der Waals surface area (Å²) in [6, 6.07) is 8.87. The fraction of sp³-hybridized carbons (Fsp3) is 0.357. The number of rotatable bonds is 10. The van der Waals surface area contributed by atoms with Gasteiger partial charge in [0.15, 0.2) is 0 Å². The molecule has 0 spiro atoms. The molecule has 1 aromatic carbocycles. The molecule has 4 heterocycles. The molecule has 0 aliphatic carbocycles. The molecule has 0 bridgehead atoms. The molecule has 43 heavy (non-hydrogen) atoms. The quantitative estimate of drug-likeness (QED) is 0.273. The first-order chi connectivity index (χ1) is 20.6. The van der Waals surface area contributed by atoms with Gasteiger partial charge in [0.05, 0.1) is 75.4 Å². The van der Waals surface area contributed by atoms with E-state index in [9.17, 15) is 18.0 Å². The fourth-order valence-electron chi connectivity index (χ4n) is 4.55. The molecule has 0 fully saturated rings. The number of hydrogen-bond acceptors (Lipinski definition) is 9. The Morgan fingerprint density at radius 3 is 2.56 bits per heavy atom. The Balaban J connectivity index is 1.14. The van der Waals surface area contributed by atoms with Crippen LogP contribution in [0.1, 0.15) is 29.4 Å². The van der Waals surface area contributed by atoms with Gasteiger partial charge in [-0.3, -0.25) is 9.48 Å². The highest BCUT2D eigenvalue weighted by atomic mass is 19.4. The zero-order chi connectivity index (χ0) is 30.6. The van der Waals surface area contributed by atoms with Gasteiger partial charge in [0, 0.05) is 25.0 Å². The van der Waals surface area contributed by atoms with Crippen LogP contribution in [0.5, 0.6) is 5.75 Å². The lowest BCUT2D eigenvalue weighted by molar-refractivity contribution is -0.138. The minimum Gasteiger partial charge on any atom is -0.497 e. The molecule has 15 heteroatoms. The molecule has 0 unspecified atom stereocenters. The maximum absolute atomic E-state index is 12.9. The largest absolute Gasteiger partial charge is 0.497 e. The van der Waals surface area contributed by atoms with Crippen molar-refractivity contribution in [1.29, 1.82) is 0 Å². The molecule has 1 aliphatic heterocycles. The van der Waals surface area contributed by atoms with E-state index in [1.165, 1.54) is 10.9 Å². The molecule has 12 nitrogen and oxygen atoms in total. The lowest BCUT2D eigenvalue weighted by Gasteiger charge is -2.27. The van der Waals surface area contributed by atoms with E-state index >= 15 is 0 Å². The Morgan fingerprint density at radius 2 is 1.88 bits per heavy atom. The van der Waals surface area contributed by atoms with Crippen molar-refractivity contribution in [2.75, 3.05) is 30.5 Å². The molecular formula is C28H28F3N9O3. The second-order valence-electron chi connectivity index (χ2n) is 9.93. The van der Waals surface area contributed by atoms with E-state index in [4.69, 9.17) is 16.0 Å². The van der Waals surface area contributed by atoms with Gasteiger partial charge in [-0.1, -0.05) is 12.1 Å². The van der Waals surface area contributed by atoms with Gasteiger partial charge in [0.1, 0.15) is 5.75 Å². The summed E-state index contributed by atoms with van der Waals surface area (Å²) in [4.78, 5) is 25.9. The monoisotopic (exact) mass is 595 g/mol. The predicted octanol–water partition coefficient (Wildman–Crippen LogP) is 3.89. The minimum atomic E-state index is -4.49. The van der Waals surface area contributed by atoms with Gasteiger partial charge in [0.25, 0.3) is 11.2 Å². The van der Waals surface area contributed by atoms with E-state index in [2.05, 4.69) is 30.3 Å². The number of alkyl halides is 3. The van der Waals surface area contributed by atoms with Gasteiger partial charge in [-0.05, 0) is 30.7 Å². The highest BCUT2D eigenvalue weighted by molar-refractivity contribution is 5.67. The Morgan fingerprint density at radius 1 is 1.14 bits per heavy atom. The summed E-state index contributed by atoms with van der Waals surface area (Å²) in [6.45, 7) is 11.5. The summed E-state index contributed by atoms with van der Waals surface area (Å²) in [5.41, 5.74) is 1.28. The molecule has 4 aromatic rings. The second kappa shape index (κ2) is 12.5. The average molecular weight is 596 g/mol. The smallest absolute Gasteiger partial charge is 0.419 e. The van der Waals surface area contributed by atoms with Crippen LogP contribution in [-0.4, -0.2) is 55.8 Å². The number of anilines is 2. The zero-order valence-electron chi connectivity index (χ0n) is 23.4. The molecule has 0 saturated carbocycles. The molecule has 0 saturated heterocycles. The van der Waals surface area contributed by atoms with Crippen molar-refractivity contribution in [3.05, 3.63) is 93.2 Å². The van der Waals surface area contributed by atoms with Crippen LogP contribution < -0.4 is 20.5 Å². The third-order valence-electron chi connectivity index (χ3n) is 6.74. The van der Waals surface area contributed by atoms with Crippen LogP contribution in [0.25, 0.3) is 4.85 Å². The van der Waals surface area contributed by atoms with Crippen LogP contribution in [-0.2, 0) is 37.2 Å². The first-order valence-corrected chi connectivity index (χ1v) is 13.3. The van der Waals surface area contributed by atoms with Crippen molar-refractivity contribution >= 4 is 17.3 Å². The van der Waals surface area contributed by atoms with Gasteiger partial charge in [-0.2, -0.15) is 23.4 Å². The van der Waals surface area contributed by atoms with E-state index < -0.39 is 17.3 Å². The Kier molecular flexibility index (Phi) is 8.58. The number of aromatic nitrogens is 6. The van der Waals surface area contributed by atoms with Crippen molar-refractivity contribution in [2.45, 2.75) is 45.4 Å². The van der Waals surface area contributed by atoms with Crippen molar-refractivity contribution in [1.82, 2.24) is 29.5 Å². The fourth-order valence-corrected chi connectivity index (χ4v) is 4.55. The topological polar surface area (TPSA) is 117 Å². The first-order valence-electron chi connectivity index (χ1n) is 13.3. The Bertz CT molecular complexity index is 1660. The molecule has 0 amide bonds. The maximum atomic E-state index is 12.9. The van der Waals surface area contributed by atoms with Crippen LogP contribution in [0.2, 0.25) is 0 Å². The summed E-state index contributed by atoms with van der Waals surface area (Å²) in [5, 5.41) is 11.9. The van der Waals surface area contributed by atoms with Gasteiger partial charge in [0.2, 0.25) is 5.95 Å². The van der Waals surface area contributed by atoms with E-state index in [-0.39, 0.29) is 37.4 Å². The van der Waals surface area contributed by atoms with E-state index in [1.54, 1.807) is 24.1 Å². The first kappa shape index (κ1) is 29.5. The van der Waals surface area contributed by atoms with Crippen molar-refractivity contribution < 1.29 is 22.6 Å². The molecule has 3 aromatic heterocycles. The predicted molar refractivity (Wildman–Crippen MR) is 150 cm³/mol. The van der Waals surface area contributed by atoms with Gasteiger partial charge in [-0.15, -0.1) is 0 Å². The standard InChI is InChI=1S/C28H28F3N9O3/c1-18(36-24-13-35-40(26(41)25(24)32-2)14-19-4-6-23(42-3)7-5-19)16-43-17-21-10-22-15-38(8-9-39(22)37-21)27-33-11-20(12-34-27)28(29,30)31/h4-7,10-13,18,36H,8-9,14-17H2,1,3H3/t18-/m0/s1. The van der Waals surface area contributed by atoms with Crippen LogP contribution in [0.3, 0.4) is 0 Å². The molecular weight excluding hydrogens is 567 g/mol. The number of halogens is 3. The molecule has 1 atom stereocenters.